The average Bonchev–Trinajstić information content (AvgIpc) is 2.66. The van der Waals surface area contributed by atoms with Crippen LogP contribution in [0, 0.1) is 23.7 Å². The third-order valence-corrected chi connectivity index (χ3v) is 5.55. The van der Waals surface area contributed by atoms with E-state index < -0.39 is 11.9 Å². The molecular weight excluding hydrogens is 416 g/mol. The van der Waals surface area contributed by atoms with Gasteiger partial charge in [-0.05, 0) is 49.9 Å². The first-order valence-electron chi connectivity index (χ1n) is 12.5. The molecule has 0 aromatic rings. The van der Waals surface area contributed by atoms with Crippen LogP contribution in [0.25, 0.3) is 0 Å². The highest BCUT2D eigenvalue weighted by Crippen LogP contribution is 2.39. The van der Waals surface area contributed by atoms with E-state index in [-0.39, 0.29) is 52.5 Å². The van der Waals surface area contributed by atoms with Gasteiger partial charge in [-0.3, -0.25) is 14.4 Å². The minimum Gasteiger partial charge on any atom is -0.506 e. The van der Waals surface area contributed by atoms with E-state index in [0.717, 1.165) is 5.57 Å². The maximum Gasteiger partial charge on any atom is 0.311 e. The Balaban J connectivity index is 3.93. The van der Waals surface area contributed by atoms with Crippen molar-refractivity contribution >= 4 is 17.5 Å². The summed E-state index contributed by atoms with van der Waals surface area (Å²) in [6.07, 6.45) is 3.14. The van der Waals surface area contributed by atoms with Crippen molar-refractivity contribution in [3.63, 3.8) is 0 Å². The molecule has 0 saturated heterocycles. The van der Waals surface area contributed by atoms with Crippen LogP contribution in [0.3, 0.4) is 0 Å². The normalized spacial score (nSPS) is 14.9. The molecule has 0 heterocycles. The van der Waals surface area contributed by atoms with Crippen LogP contribution in [0.1, 0.15) is 101 Å². The maximum atomic E-state index is 13.8. The number of esters is 1. The number of rotatable bonds is 12. The molecule has 1 rings (SSSR count). The van der Waals surface area contributed by atoms with E-state index in [0.29, 0.717) is 43.6 Å². The van der Waals surface area contributed by atoms with E-state index in [1.165, 1.54) is 0 Å². The van der Waals surface area contributed by atoms with Gasteiger partial charge in [0.2, 0.25) is 0 Å². The van der Waals surface area contributed by atoms with Gasteiger partial charge in [-0.15, -0.1) is 0 Å². The van der Waals surface area contributed by atoms with Crippen molar-refractivity contribution in [3.05, 3.63) is 33.8 Å². The van der Waals surface area contributed by atoms with Gasteiger partial charge in [-0.1, -0.05) is 67.9 Å². The second-order valence-corrected chi connectivity index (χ2v) is 10.7. The van der Waals surface area contributed by atoms with Gasteiger partial charge in [0.05, 0.1) is 5.57 Å². The molecule has 0 aromatic carbocycles. The van der Waals surface area contributed by atoms with Crippen molar-refractivity contribution in [2.24, 2.45) is 23.7 Å². The van der Waals surface area contributed by atoms with Gasteiger partial charge in [-0.2, -0.15) is 0 Å². The van der Waals surface area contributed by atoms with E-state index in [4.69, 9.17) is 4.74 Å². The van der Waals surface area contributed by atoms with Crippen molar-refractivity contribution < 1.29 is 24.2 Å². The summed E-state index contributed by atoms with van der Waals surface area (Å²) in [5, 5.41) is 11.4. The fourth-order valence-electron chi connectivity index (χ4n) is 4.00. The summed E-state index contributed by atoms with van der Waals surface area (Å²) < 4.78 is 5.65. The molecule has 1 aliphatic rings. The number of hydrogen-bond acceptors (Lipinski definition) is 5. The SMILES string of the molecule is CCCC(=O)OC1=C(CCC(C)C)C(=O)C(=C(CC(C)C)CC(C)C)C(O)=C1C(=O)C(C)C. The Morgan fingerprint density at radius 2 is 1.45 bits per heavy atom. The second kappa shape index (κ2) is 12.9. The van der Waals surface area contributed by atoms with E-state index in [2.05, 4.69) is 41.5 Å². The first-order valence-corrected chi connectivity index (χ1v) is 12.5. The first-order chi connectivity index (χ1) is 15.3. The van der Waals surface area contributed by atoms with Crippen LogP contribution >= 0.6 is 0 Å². The molecule has 0 amide bonds. The first kappa shape index (κ1) is 28.9. The van der Waals surface area contributed by atoms with Gasteiger partial charge in [-0.25, -0.2) is 0 Å². The number of hydrogen-bond donors (Lipinski definition) is 1. The Morgan fingerprint density at radius 3 is 1.88 bits per heavy atom. The lowest BCUT2D eigenvalue weighted by Crippen LogP contribution is -2.28. The summed E-state index contributed by atoms with van der Waals surface area (Å²) in [6, 6.07) is 0. The molecule has 0 atom stereocenters. The van der Waals surface area contributed by atoms with Crippen LogP contribution in [-0.4, -0.2) is 22.6 Å². The molecule has 1 aliphatic carbocycles. The topological polar surface area (TPSA) is 80.7 Å². The molecule has 0 aromatic heterocycles. The smallest absolute Gasteiger partial charge is 0.311 e. The largest absolute Gasteiger partial charge is 0.506 e. The molecule has 0 bridgehead atoms. The molecule has 0 unspecified atom stereocenters. The van der Waals surface area contributed by atoms with E-state index in [1.807, 2.05) is 6.92 Å². The molecule has 0 saturated carbocycles. The van der Waals surface area contributed by atoms with Crippen molar-refractivity contribution in [2.45, 2.75) is 101 Å². The lowest BCUT2D eigenvalue weighted by Gasteiger charge is -2.27. The highest BCUT2D eigenvalue weighted by atomic mass is 16.5. The average molecular weight is 461 g/mol. The van der Waals surface area contributed by atoms with Crippen molar-refractivity contribution in [2.75, 3.05) is 0 Å². The van der Waals surface area contributed by atoms with Gasteiger partial charge < -0.3 is 9.84 Å². The van der Waals surface area contributed by atoms with Gasteiger partial charge in [0.25, 0.3) is 0 Å². The van der Waals surface area contributed by atoms with Crippen LogP contribution in [0.5, 0.6) is 0 Å². The zero-order valence-electron chi connectivity index (χ0n) is 22.1. The molecule has 0 spiro atoms. The number of aliphatic hydroxyl groups is 1. The molecule has 33 heavy (non-hydrogen) atoms. The van der Waals surface area contributed by atoms with Gasteiger partial charge in [0.1, 0.15) is 11.3 Å². The predicted molar refractivity (Wildman–Crippen MR) is 133 cm³/mol. The monoisotopic (exact) mass is 460 g/mol. The summed E-state index contributed by atoms with van der Waals surface area (Å²) in [6.45, 7) is 17.7. The fourth-order valence-corrected chi connectivity index (χ4v) is 4.00. The highest BCUT2D eigenvalue weighted by Gasteiger charge is 2.39. The molecule has 0 aliphatic heterocycles. The lowest BCUT2D eigenvalue weighted by molar-refractivity contribution is -0.139. The summed E-state index contributed by atoms with van der Waals surface area (Å²) in [7, 11) is 0. The second-order valence-electron chi connectivity index (χ2n) is 10.7. The molecule has 0 radical (unpaired) electrons. The van der Waals surface area contributed by atoms with Crippen molar-refractivity contribution in [1.82, 2.24) is 0 Å². The number of carbonyl (C=O) groups excluding carboxylic acids is 3. The van der Waals surface area contributed by atoms with Crippen LogP contribution < -0.4 is 0 Å². The Kier molecular flexibility index (Phi) is 11.3. The third-order valence-electron chi connectivity index (χ3n) is 5.55. The fraction of sp³-hybridized carbons (Fsp3) is 0.679. The van der Waals surface area contributed by atoms with Crippen LogP contribution in [0.2, 0.25) is 0 Å². The van der Waals surface area contributed by atoms with Crippen molar-refractivity contribution in [1.29, 1.82) is 0 Å². The van der Waals surface area contributed by atoms with Crippen molar-refractivity contribution in [3.8, 4) is 0 Å². The minimum absolute atomic E-state index is 0.0205. The zero-order chi connectivity index (χ0) is 25.5. The Labute approximate surface area is 200 Å². The Bertz CT molecular complexity index is 822. The minimum atomic E-state index is -0.499. The Hall–Kier alpha value is -2.17. The number of Topliss-reactive ketones (excluding diaryl/α,β-unsaturated/α-hetero) is 2. The maximum absolute atomic E-state index is 13.8. The van der Waals surface area contributed by atoms with E-state index in [1.54, 1.807) is 13.8 Å². The number of carbonyl (C=O) groups is 3. The van der Waals surface area contributed by atoms with Gasteiger partial charge >= 0.3 is 5.97 Å². The number of aliphatic hydroxyl groups excluding tert-OH is 1. The lowest BCUT2D eigenvalue weighted by atomic mass is 9.79. The summed E-state index contributed by atoms with van der Waals surface area (Å²) in [5.41, 5.74) is 1.40. The van der Waals surface area contributed by atoms with Crippen LogP contribution in [0.15, 0.2) is 33.8 Å². The number of ketones is 2. The van der Waals surface area contributed by atoms with Gasteiger partial charge in [0.15, 0.2) is 17.3 Å². The quantitative estimate of drug-likeness (QED) is 0.250. The molecular formula is C28H44O5. The standard InChI is InChI=1S/C28H44O5/c1-10-11-22(29)33-28-21(13-12-16(2)3)26(31)23(20(14-17(4)5)15-18(6)7)27(32)24(28)25(30)19(8)9/h16-19,32H,10-15H2,1-9H3. The van der Waals surface area contributed by atoms with E-state index >= 15 is 0 Å². The summed E-state index contributed by atoms with van der Waals surface area (Å²) in [5.74, 6) is -1.06. The molecule has 5 nitrogen and oxygen atoms in total. The molecule has 1 N–H and O–H groups in total. The molecule has 0 fully saturated rings. The molecule has 5 heteroatoms. The van der Waals surface area contributed by atoms with Crippen LogP contribution in [0.4, 0.5) is 0 Å². The summed E-state index contributed by atoms with van der Waals surface area (Å²) in [4.78, 5) is 39.6. The number of allylic oxidation sites excluding steroid dienone is 4. The predicted octanol–water partition coefficient (Wildman–Crippen LogP) is 7.03. The van der Waals surface area contributed by atoms with E-state index in [9.17, 15) is 19.5 Å². The summed E-state index contributed by atoms with van der Waals surface area (Å²) >= 11 is 0. The zero-order valence-corrected chi connectivity index (χ0v) is 22.1. The third kappa shape index (κ3) is 7.97. The number of ether oxygens (including phenoxy) is 1. The highest BCUT2D eigenvalue weighted by molar-refractivity contribution is 6.18. The Morgan fingerprint density at radius 1 is 0.909 bits per heavy atom. The molecule has 186 valence electrons. The van der Waals surface area contributed by atoms with Crippen LogP contribution in [-0.2, 0) is 19.1 Å². The van der Waals surface area contributed by atoms with Gasteiger partial charge in [0, 0.05) is 17.9 Å².